The number of nitrogens with one attached hydrogen (secondary N) is 1. The Balaban J connectivity index is 1.43. The first-order valence-corrected chi connectivity index (χ1v) is 10.0. The highest BCUT2D eigenvalue weighted by Gasteiger charge is 2.47. The lowest BCUT2D eigenvalue weighted by molar-refractivity contribution is -0.121. The van der Waals surface area contributed by atoms with E-state index in [9.17, 15) is 15.0 Å². The number of halogens is 1. The van der Waals surface area contributed by atoms with E-state index in [0.717, 1.165) is 38.5 Å². The van der Waals surface area contributed by atoms with Crippen LogP contribution in [0.2, 0.25) is 5.02 Å². The van der Waals surface area contributed by atoms with Crippen LogP contribution in [0.15, 0.2) is 6.07 Å². The molecule has 0 radical (unpaired) electrons. The molecular formula is C20H26ClNO5. The van der Waals surface area contributed by atoms with Gasteiger partial charge in [0.05, 0.1) is 16.7 Å². The van der Waals surface area contributed by atoms with Crippen LogP contribution < -0.4 is 14.8 Å². The zero-order valence-corrected chi connectivity index (χ0v) is 16.4. The summed E-state index contributed by atoms with van der Waals surface area (Å²) in [5.41, 5.74) is 0.687. The van der Waals surface area contributed by atoms with E-state index in [1.807, 2.05) is 6.92 Å². The molecule has 0 saturated heterocycles. The number of rotatable bonds is 4. The van der Waals surface area contributed by atoms with Gasteiger partial charge in [-0.15, -0.1) is 0 Å². The molecule has 3 N–H and O–H groups in total. The maximum absolute atomic E-state index is 11.4. The van der Waals surface area contributed by atoms with Crippen molar-refractivity contribution in [3.05, 3.63) is 22.2 Å². The van der Waals surface area contributed by atoms with Crippen LogP contribution in [0, 0.1) is 12.8 Å². The number of hydrogen-bond donors (Lipinski definition) is 3. The lowest BCUT2D eigenvalue weighted by atomic mass is 9.80. The Morgan fingerprint density at radius 1 is 1.19 bits per heavy atom. The summed E-state index contributed by atoms with van der Waals surface area (Å²) in [6.07, 6.45) is 5.54. The Hall–Kier alpha value is -1.50. The number of aromatic carboxylic acids is 1. The van der Waals surface area contributed by atoms with Crippen molar-refractivity contribution >= 4 is 17.6 Å². The van der Waals surface area contributed by atoms with E-state index in [0.29, 0.717) is 29.1 Å². The average Bonchev–Trinajstić information content (AvgIpc) is 2.97. The zero-order chi connectivity index (χ0) is 19.3. The molecule has 1 aromatic carbocycles. The van der Waals surface area contributed by atoms with Crippen molar-refractivity contribution in [2.45, 2.75) is 76.3 Å². The summed E-state index contributed by atoms with van der Waals surface area (Å²) in [7, 11) is 0. The van der Waals surface area contributed by atoms with Crippen LogP contribution in [0.1, 0.15) is 61.4 Å². The summed E-state index contributed by atoms with van der Waals surface area (Å²) >= 11 is 6.27. The number of ether oxygens (including phenoxy) is 2. The number of carbonyl (C=O) groups is 1. The zero-order valence-electron chi connectivity index (χ0n) is 15.6. The first-order valence-electron chi connectivity index (χ1n) is 9.65. The number of fused-ring (bicyclic) bond motifs is 1. The third-order valence-electron chi connectivity index (χ3n) is 6.33. The van der Waals surface area contributed by atoms with E-state index < -0.39 is 11.8 Å². The first-order chi connectivity index (χ1) is 12.8. The van der Waals surface area contributed by atoms with Gasteiger partial charge in [0, 0.05) is 30.5 Å². The van der Waals surface area contributed by atoms with Crippen LogP contribution in [-0.2, 0) is 0 Å². The first kappa shape index (κ1) is 18.8. The van der Waals surface area contributed by atoms with Crippen LogP contribution in [0.4, 0.5) is 0 Å². The fourth-order valence-electron chi connectivity index (χ4n) is 4.58. The van der Waals surface area contributed by atoms with Crippen molar-refractivity contribution in [3.63, 3.8) is 0 Å². The van der Waals surface area contributed by atoms with E-state index in [1.165, 1.54) is 6.07 Å². The standard InChI is InChI=1S/C20H26ClNO5/c1-10-15(19(24)25)9-16(21)18-17(10)26-20(2,27-18)11-3-5-12(6-4-11)22-13-7-14(23)8-13/h9,11-14,22-23H,3-8H2,1-2H3,(H,24,25)/t11?,12?,13-,14-,20?. The Morgan fingerprint density at radius 3 is 2.41 bits per heavy atom. The van der Waals surface area contributed by atoms with Crippen molar-refractivity contribution in [1.82, 2.24) is 5.32 Å². The van der Waals surface area contributed by atoms with E-state index >= 15 is 0 Å². The maximum atomic E-state index is 11.4. The van der Waals surface area contributed by atoms with Gasteiger partial charge in [-0.05, 0) is 51.5 Å². The van der Waals surface area contributed by atoms with E-state index in [4.69, 9.17) is 21.1 Å². The van der Waals surface area contributed by atoms with E-state index in [1.54, 1.807) is 6.92 Å². The predicted octanol–water partition coefficient (Wildman–Crippen LogP) is 3.51. The summed E-state index contributed by atoms with van der Waals surface area (Å²) in [5, 5.41) is 22.7. The predicted molar refractivity (Wildman–Crippen MR) is 101 cm³/mol. The van der Waals surface area contributed by atoms with Crippen LogP contribution in [0.25, 0.3) is 0 Å². The van der Waals surface area contributed by atoms with Crippen molar-refractivity contribution in [1.29, 1.82) is 0 Å². The van der Waals surface area contributed by atoms with Crippen molar-refractivity contribution in [3.8, 4) is 11.5 Å². The highest BCUT2D eigenvalue weighted by molar-refractivity contribution is 6.32. The van der Waals surface area contributed by atoms with Crippen molar-refractivity contribution in [2.75, 3.05) is 0 Å². The Kier molecular flexibility index (Phi) is 4.77. The largest absolute Gasteiger partial charge is 0.478 e. The van der Waals surface area contributed by atoms with Crippen LogP contribution in [-0.4, -0.2) is 40.2 Å². The molecule has 2 saturated carbocycles. The highest BCUT2D eigenvalue weighted by atomic mass is 35.5. The monoisotopic (exact) mass is 395 g/mol. The Morgan fingerprint density at radius 2 is 1.81 bits per heavy atom. The molecule has 7 heteroatoms. The van der Waals surface area contributed by atoms with Crippen LogP contribution in [0.3, 0.4) is 0 Å². The summed E-state index contributed by atoms with van der Waals surface area (Å²) in [4.78, 5) is 11.4. The van der Waals surface area contributed by atoms with Gasteiger partial charge in [0.15, 0.2) is 11.5 Å². The van der Waals surface area contributed by atoms with Gasteiger partial charge in [0.2, 0.25) is 0 Å². The number of carboxylic acid groups (broad SMARTS) is 1. The molecule has 0 bridgehead atoms. The summed E-state index contributed by atoms with van der Waals surface area (Å²) in [6.45, 7) is 3.64. The van der Waals surface area contributed by atoms with Crippen molar-refractivity contribution in [2.24, 2.45) is 5.92 Å². The van der Waals surface area contributed by atoms with Gasteiger partial charge in [-0.25, -0.2) is 4.79 Å². The van der Waals surface area contributed by atoms with Gasteiger partial charge < -0.3 is 25.0 Å². The van der Waals surface area contributed by atoms with Gasteiger partial charge >= 0.3 is 5.97 Å². The van der Waals surface area contributed by atoms with Gasteiger partial charge in [-0.1, -0.05) is 11.6 Å². The minimum atomic E-state index is -1.03. The Bertz CT molecular complexity index is 755. The minimum Gasteiger partial charge on any atom is -0.478 e. The second kappa shape index (κ2) is 6.83. The van der Waals surface area contributed by atoms with E-state index in [2.05, 4.69) is 5.32 Å². The third-order valence-corrected chi connectivity index (χ3v) is 6.61. The summed E-state index contributed by atoms with van der Waals surface area (Å²) in [5.74, 6) is -0.747. The minimum absolute atomic E-state index is 0.139. The molecule has 27 heavy (non-hydrogen) atoms. The fourth-order valence-corrected chi connectivity index (χ4v) is 4.81. The molecule has 0 spiro atoms. The molecular weight excluding hydrogens is 370 g/mol. The normalized spacial score (nSPS) is 35.0. The second-order valence-corrected chi connectivity index (χ2v) is 8.66. The molecule has 0 aromatic heterocycles. The molecule has 1 atom stereocenters. The molecule has 2 fully saturated rings. The molecule has 2 aliphatic carbocycles. The van der Waals surface area contributed by atoms with Gasteiger partial charge in [0.1, 0.15) is 0 Å². The second-order valence-electron chi connectivity index (χ2n) is 8.25. The summed E-state index contributed by atoms with van der Waals surface area (Å²) in [6, 6.07) is 2.34. The average molecular weight is 396 g/mol. The third kappa shape index (κ3) is 3.39. The molecule has 1 aromatic rings. The number of benzene rings is 1. The fraction of sp³-hybridized carbons (Fsp3) is 0.650. The van der Waals surface area contributed by atoms with Crippen LogP contribution >= 0.6 is 11.6 Å². The lowest BCUT2D eigenvalue weighted by Gasteiger charge is -2.40. The highest BCUT2D eigenvalue weighted by Crippen LogP contribution is 2.51. The van der Waals surface area contributed by atoms with Gasteiger partial charge in [-0.2, -0.15) is 0 Å². The maximum Gasteiger partial charge on any atom is 0.336 e. The smallest absolute Gasteiger partial charge is 0.336 e. The van der Waals surface area contributed by atoms with Gasteiger partial charge in [-0.3, -0.25) is 0 Å². The molecule has 3 aliphatic rings. The lowest BCUT2D eigenvalue weighted by Crippen LogP contribution is -2.51. The SMILES string of the molecule is Cc1c(C(=O)O)cc(Cl)c2c1OC(C)(C1CCC(N[C@H]3C[C@H](O)C3)CC1)O2. The molecule has 148 valence electrons. The molecule has 4 rings (SSSR count). The number of aliphatic hydroxyl groups excluding tert-OH is 1. The number of hydrogen-bond acceptors (Lipinski definition) is 5. The van der Waals surface area contributed by atoms with Crippen molar-refractivity contribution < 1.29 is 24.5 Å². The topological polar surface area (TPSA) is 88.0 Å². The summed E-state index contributed by atoms with van der Waals surface area (Å²) < 4.78 is 12.3. The van der Waals surface area contributed by atoms with Gasteiger partial charge in [0.25, 0.3) is 5.79 Å². The van der Waals surface area contributed by atoms with E-state index in [-0.39, 0.29) is 22.6 Å². The molecule has 1 heterocycles. The Labute approximate surface area is 163 Å². The molecule has 1 aliphatic heterocycles. The molecule has 1 unspecified atom stereocenters. The number of aliphatic hydroxyl groups is 1. The quantitative estimate of drug-likeness (QED) is 0.723. The molecule has 0 amide bonds. The number of carboxylic acids is 1. The van der Waals surface area contributed by atoms with Crippen LogP contribution in [0.5, 0.6) is 11.5 Å². The molecule has 6 nitrogen and oxygen atoms in total.